The van der Waals surface area contributed by atoms with Gasteiger partial charge in [0, 0.05) is 6.54 Å². The number of ether oxygens (including phenoxy) is 1. The zero-order valence-electron chi connectivity index (χ0n) is 12.1. The largest absolute Gasteiger partial charge is 0.482 e. The maximum absolute atomic E-state index is 12.2. The Kier molecular flexibility index (Phi) is 6.97. The lowest BCUT2D eigenvalue weighted by Gasteiger charge is -2.14. The normalized spacial score (nSPS) is 12.6. The Morgan fingerprint density at radius 3 is 2.68 bits per heavy atom. The highest BCUT2D eigenvalue weighted by Gasteiger charge is 2.28. The lowest BCUT2D eigenvalue weighted by Crippen LogP contribution is -2.31. The number of amides is 2. The van der Waals surface area contributed by atoms with E-state index in [4.69, 9.17) is 0 Å². The average Bonchev–Trinajstić information content (AvgIpc) is 2.45. The van der Waals surface area contributed by atoms with E-state index in [2.05, 4.69) is 15.4 Å². The molecule has 1 atom stereocenters. The molecule has 1 unspecified atom stereocenters. The highest BCUT2D eigenvalue weighted by atomic mass is 19.4. The second kappa shape index (κ2) is 8.47. The number of para-hydroxylation sites is 2. The molecule has 0 aliphatic rings. The first-order chi connectivity index (χ1) is 10.3. The van der Waals surface area contributed by atoms with Crippen molar-refractivity contribution in [3.63, 3.8) is 0 Å². The third-order valence-corrected chi connectivity index (χ3v) is 2.76. The van der Waals surface area contributed by atoms with Gasteiger partial charge in [-0.3, -0.25) is 0 Å². The summed E-state index contributed by atoms with van der Waals surface area (Å²) in [7, 11) is 0. The summed E-state index contributed by atoms with van der Waals surface area (Å²) >= 11 is 0. The van der Waals surface area contributed by atoms with Crippen molar-refractivity contribution in [3.05, 3.63) is 24.3 Å². The topological polar surface area (TPSA) is 70.6 Å². The third-order valence-electron chi connectivity index (χ3n) is 2.76. The van der Waals surface area contributed by atoms with Crippen molar-refractivity contribution in [1.82, 2.24) is 5.32 Å². The molecule has 0 spiro atoms. The van der Waals surface area contributed by atoms with Crippen LogP contribution in [0.15, 0.2) is 24.3 Å². The third kappa shape index (κ3) is 7.16. The summed E-state index contributed by atoms with van der Waals surface area (Å²) in [5.41, 5.74) is 0.139. The number of carbonyl (C=O) groups excluding carboxylic acids is 1. The first kappa shape index (κ1) is 18.1. The van der Waals surface area contributed by atoms with E-state index in [9.17, 15) is 23.1 Å². The van der Waals surface area contributed by atoms with Crippen LogP contribution in [0.5, 0.6) is 5.75 Å². The number of hydrogen-bond donors (Lipinski definition) is 3. The molecule has 0 bridgehead atoms. The van der Waals surface area contributed by atoms with Gasteiger partial charge in [-0.15, -0.1) is 0 Å². The molecule has 0 aliphatic heterocycles. The van der Waals surface area contributed by atoms with E-state index in [1.54, 1.807) is 6.07 Å². The molecule has 0 heterocycles. The smallest absolute Gasteiger partial charge is 0.422 e. The standard InChI is InChI=1S/C14H19F3N2O3/c1-2-10(20)7-8-18-13(21)19-11-5-3-4-6-12(11)22-9-14(15,16)17/h3-6,10,20H,2,7-9H2,1H3,(H2,18,19,21). The van der Waals surface area contributed by atoms with Gasteiger partial charge in [-0.25, -0.2) is 4.79 Å². The summed E-state index contributed by atoms with van der Waals surface area (Å²) in [6.45, 7) is 0.640. The quantitative estimate of drug-likeness (QED) is 0.723. The highest BCUT2D eigenvalue weighted by molar-refractivity contribution is 5.90. The van der Waals surface area contributed by atoms with Crippen LogP contribution in [0.4, 0.5) is 23.7 Å². The Morgan fingerprint density at radius 2 is 2.05 bits per heavy atom. The van der Waals surface area contributed by atoms with Gasteiger partial charge in [-0.05, 0) is 25.0 Å². The van der Waals surface area contributed by atoms with Crippen molar-refractivity contribution in [2.75, 3.05) is 18.5 Å². The zero-order chi connectivity index (χ0) is 16.6. The average molecular weight is 320 g/mol. The predicted octanol–water partition coefficient (Wildman–Crippen LogP) is 2.91. The number of benzene rings is 1. The molecular weight excluding hydrogens is 301 g/mol. The van der Waals surface area contributed by atoms with Crippen LogP contribution in [0.2, 0.25) is 0 Å². The molecule has 0 saturated carbocycles. The summed E-state index contributed by atoms with van der Waals surface area (Å²) in [6.07, 6.45) is -3.97. The minimum Gasteiger partial charge on any atom is -0.482 e. The Hall–Kier alpha value is -1.96. The number of alkyl halides is 3. The lowest BCUT2D eigenvalue weighted by molar-refractivity contribution is -0.153. The van der Waals surface area contributed by atoms with Crippen molar-refractivity contribution in [3.8, 4) is 5.75 Å². The number of aliphatic hydroxyl groups is 1. The number of urea groups is 1. The van der Waals surface area contributed by atoms with E-state index < -0.39 is 24.9 Å². The molecule has 22 heavy (non-hydrogen) atoms. The summed E-state index contributed by atoms with van der Waals surface area (Å²) in [5, 5.41) is 14.3. The lowest BCUT2D eigenvalue weighted by atomic mass is 10.2. The molecule has 1 aromatic rings. The molecule has 2 amide bonds. The number of nitrogens with one attached hydrogen (secondary N) is 2. The maximum atomic E-state index is 12.2. The van der Waals surface area contributed by atoms with Crippen LogP contribution in [0.3, 0.4) is 0 Å². The molecule has 8 heteroatoms. The van der Waals surface area contributed by atoms with Crippen LogP contribution < -0.4 is 15.4 Å². The number of rotatable bonds is 7. The Morgan fingerprint density at radius 1 is 1.36 bits per heavy atom. The molecule has 3 N–H and O–H groups in total. The van der Waals surface area contributed by atoms with Gasteiger partial charge >= 0.3 is 12.2 Å². The van der Waals surface area contributed by atoms with Gasteiger partial charge in [-0.2, -0.15) is 13.2 Å². The molecular formula is C14H19F3N2O3. The Labute approximate surface area is 126 Å². The molecule has 0 fully saturated rings. The van der Waals surface area contributed by atoms with Gasteiger partial charge in [0.05, 0.1) is 11.8 Å². The second-order valence-corrected chi connectivity index (χ2v) is 4.63. The molecule has 0 aliphatic carbocycles. The van der Waals surface area contributed by atoms with Crippen LogP contribution >= 0.6 is 0 Å². The van der Waals surface area contributed by atoms with Crippen LogP contribution in [0.1, 0.15) is 19.8 Å². The fourth-order valence-electron chi connectivity index (χ4n) is 1.58. The Bertz CT molecular complexity index is 481. The number of carbonyl (C=O) groups is 1. The molecule has 124 valence electrons. The van der Waals surface area contributed by atoms with Gasteiger partial charge in [0.2, 0.25) is 0 Å². The van der Waals surface area contributed by atoms with Crippen molar-refractivity contribution >= 4 is 11.7 Å². The highest BCUT2D eigenvalue weighted by Crippen LogP contribution is 2.26. The summed E-state index contributed by atoms with van der Waals surface area (Å²) in [6, 6.07) is 5.27. The van der Waals surface area contributed by atoms with Gasteiger partial charge in [0.25, 0.3) is 0 Å². The number of anilines is 1. The van der Waals surface area contributed by atoms with Crippen molar-refractivity contribution in [2.24, 2.45) is 0 Å². The molecule has 1 aromatic carbocycles. The fourth-order valence-corrected chi connectivity index (χ4v) is 1.58. The molecule has 5 nitrogen and oxygen atoms in total. The maximum Gasteiger partial charge on any atom is 0.422 e. The predicted molar refractivity (Wildman–Crippen MR) is 75.9 cm³/mol. The molecule has 0 saturated heterocycles. The van der Waals surface area contributed by atoms with E-state index in [0.29, 0.717) is 12.8 Å². The van der Waals surface area contributed by atoms with E-state index in [1.807, 2.05) is 6.92 Å². The number of hydrogen-bond acceptors (Lipinski definition) is 3. The zero-order valence-corrected chi connectivity index (χ0v) is 12.1. The van der Waals surface area contributed by atoms with Gasteiger partial charge in [0.15, 0.2) is 6.61 Å². The van der Waals surface area contributed by atoms with Crippen molar-refractivity contribution in [2.45, 2.75) is 32.0 Å². The molecule has 0 aromatic heterocycles. The van der Waals surface area contributed by atoms with Crippen LogP contribution in [0.25, 0.3) is 0 Å². The number of aliphatic hydroxyl groups excluding tert-OH is 1. The minimum absolute atomic E-state index is 0.0661. The monoisotopic (exact) mass is 320 g/mol. The van der Waals surface area contributed by atoms with Crippen molar-refractivity contribution < 1.29 is 27.8 Å². The van der Waals surface area contributed by atoms with Crippen LogP contribution in [-0.4, -0.2) is 36.6 Å². The fraction of sp³-hybridized carbons (Fsp3) is 0.500. The SMILES string of the molecule is CCC(O)CCNC(=O)Nc1ccccc1OCC(F)(F)F. The number of halogens is 3. The van der Waals surface area contributed by atoms with E-state index in [1.165, 1.54) is 18.2 Å². The first-order valence-electron chi connectivity index (χ1n) is 6.83. The Balaban J connectivity index is 2.52. The van der Waals surface area contributed by atoms with E-state index in [0.717, 1.165) is 0 Å². The molecule has 0 radical (unpaired) electrons. The summed E-state index contributed by atoms with van der Waals surface area (Å²) in [5.74, 6) is -0.0661. The summed E-state index contributed by atoms with van der Waals surface area (Å²) in [4.78, 5) is 11.7. The second-order valence-electron chi connectivity index (χ2n) is 4.63. The van der Waals surface area contributed by atoms with E-state index in [-0.39, 0.29) is 18.0 Å². The van der Waals surface area contributed by atoms with Crippen molar-refractivity contribution in [1.29, 1.82) is 0 Å². The van der Waals surface area contributed by atoms with Gasteiger partial charge < -0.3 is 20.5 Å². The first-order valence-corrected chi connectivity index (χ1v) is 6.83. The van der Waals surface area contributed by atoms with Gasteiger partial charge in [0.1, 0.15) is 5.75 Å². The summed E-state index contributed by atoms with van der Waals surface area (Å²) < 4.78 is 41.1. The minimum atomic E-state index is -4.45. The van der Waals surface area contributed by atoms with Gasteiger partial charge in [-0.1, -0.05) is 19.1 Å². The van der Waals surface area contributed by atoms with E-state index >= 15 is 0 Å². The van der Waals surface area contributed by atoms with Crippen LogP contribution in [0, 0.1) is 0 Å². The van der Waals surface area contributed by atoms with Crippen LogP contribution in [-0.2, 0) is 0 Å². The molecule has 1 rings (SSSR count).